The van der Waals surface area contributed by atoms with Crippen LogP contribution in [-0.4, -0.2) is 39.5 Å². The van der Waals surface area contributed by atoms with Crippen LogP contribution >= 0.6 is 0 Å². The molecule has 9 nitrogen and oxygen atoms in total. The Bertz CT molecular complexity index is 1190. The van der Waals surface area contributed by atoms with Crippen LogP contribution < -0.4 is 4.90 Å². The van der Waals surface area contributed by atoms with Crippen LogP contribution in [0.4, 0.5) is 11.6 Å². The van der Waals surface area contributed by atoms with Crippen molar-refractivity contribution < 1.29 is 19.2 Å². The number of unbranched alkanes of at least 4 members (excludes halogenated alkanes) is 1. The molecule has 0 bridgehead atoms. The molecule has 2 aromatic carbocycles. The number of carbonyl (C=O) groups is 2. The number of nitro groups is 1. The van der Waals surface area contributed by atoms with E-state index < -0.39 is 28.8 Å². The monoisotopic (exact) mass is 436 g/mol. The fourth-order valence-electron chi connectivity index (χ4n) is 4.26. The van der Waals surface area contributed by atoms with Crippen molar-refractivity contribution in [1.82, 2.24) is 9.55 Å². The van der Waals surface area contributed by atoms with E-state index in [-0.39, 0.29) is 17.9 Å². The third kappa shape index (κ3) is 3.49. The zero-order valence-corrected chi connectivity index (χ0v) is 17.9. The summed E-state index contributed by atoms with van der Waals surface area (Å²) in [4.78, 5) is 44.3. The van der Waals surface area contributed by atoms with Gasteiger partial charge in [-0.25, -0.2) is 4.98 Å². The number of para-hydroxylation sites is 3. The molecule has 4 rings (SSSR count). The summed E-state index contributed by atoms with van der Waals surface area (Å²) in [5, 5.41) is 11.8. The van der Waals surface area contributed by atoms with Crippen LogP contribution in [0.25, 0.3) is 11.0 Å². The first-order valence-electron chi connectivity index (χ1n) is 10.7. The van der Waals surface area contributed by atoms with Crippen molar-refractivity contribution in [1.29, 1.82) is 0 Å². The summed E-state index contributed by atoms with van der Waals surface area (Å²) in [7, 11) is 0. The fourth-order valence-corrected chi connectivity index (χ4v) is 4.26. The Labute approximate surface area is 184 Å². The number of aromatic nitrogens is 2. The maximum absolute atomic E-state index is 13.7. The van der Waals surface area contributed by atoms with Gasteiger partial charge in [0, 0.05) is 12.6 Å². The van der Waals surface area contributed by atoms with E-state index in [4.69, 9.17) is 4.74 Å². The summed E-state index contributed by atoms with van der Waals surface area (Å²) in [6.07, 6.45) is 1.57. The standard InChI is InChI=1S/C23H24N4O5/c1-3-5-14-25-21(28)19(22(29)32-4-2)20(15-10-6-8-12-17(15)27(30)31)26-18-13-9-7-11-16(18)24-23(25)26/h6-13,19-20H,3-5,14H2,1-2H3/t19-,20+/m0/s1. The lowest BCUT2D eigenvalue weighted by atomic mass is 9.88. The van der Waals surface area contributed by atoms with E-state index in [0.717, 1.165) is 12.8 Å². The molecule has 0 aliphatic carbocycles. The lowest BCUT2D eigenvalue weighted by molar-refractivity contribution is -0.385. The van der Waals surface area contributed by atoms with Gasteiger partial charge in [-0.15, -0.1) is 0 Å². The first-order valence-corrected chi connectivity index (χ1v) is 10.7. The summed E-state index contributed by atoms with van der Waals surface area (Å²) in [5.74, 6) is -2.04. The molecule has 0 saturated heterocycles. The number of rotatable bonds is 7. The number of imidazole rings is 1. The SMILES string of the molecule is CCCCN1C(=O)[C@@H](C(=O)OCC)[C@@H](c2ccccc2[N+](=O)[O-])n2c1nc1ccccc12. The topological polar surface area (TPSA) is 108 Å². The van der Waals surface area contributed by atoms with Crippen LogP contribution in [-0.2, 0) is 14.3 Å². The number of amides is 1. The lowest BCUT2D eigenvalue weighted by Gasteiger charge is -2.37. The van der Waals surface area contributed by atoms with Gasteiger partial charge in [-0.3, -0.25) is 24.6 Å². The lowest BCUT2D eigenvalue weighted by Crippen LogP contribution is -2.50. The van der Waals surface area contributed by atoms with Crippen molar-refractivity contribution in [2.75, 3.05) is 18.1 Å². The van der Waals surface area contributed by atoms with Gasteiger partial charge in [0.25, 0.3) is 5.69 Å². The normalized spacial score (nSPS) is 17.9. The molecule has 166 valence electrons. The number of fused-ring (bicyclic) bond motifs is 3. The minimum atomic E-state index is -1.27. The van der Waals surface area contributed by atoms with Crippen LogP contribution in [0.1, 0.15) is 38.3 Å². The molecule has 0 fully saturated rings. The molecule has 0 radical (unpaired) electrons. The van der Waals surface area contributed by atoms with Crippen molar-refractivity contribution in [3.05, 3.63) is 64.2 Å². The smallest absolute Gasteiger partial charge is 0.321 e. The highest BCUT2D eigenvalue weighted by atomic mass is 16.6. The molecule has 32 heavy (non-hydrogen) atoms. The maximum atomic E-state index is 13.7. The first-order chi connectivity index (χ1) is 15.5. The number of nitrogens with zero attached hydrogens (tertiary/aromatic N) is 4. The highest BCUT2D eigenvalue weighted by Gasteiger charge is 2.49. The van der Waals surface area contributed by atoms with Crippen LogP contribution in [0.2, 0.25) is 0 Å². The van der Waals surface area contributed by atoms with Crippen LogP contribution in [0, 0.1) is 16.0 Å². The Balaban J connectivity index is 2.03. The van der Waals surface area contributed by atoms with E-state index in [1.165, 1.54) is 11.0 Å². The van der Waals surface area contributed by atoms with Crippen molar-refractivity contribution >= 4 is 34.5 Å². The summed E-state index contributed by atoms with van der Waals surface area (Å²) in [5.41, 5.74) is 1.44. The van der Waals surface area contributed by atoms with Gasteiger partial charge in [0.05, 0.1) is 34.2 Å². The van der Waals surface area contributed by atoms with Crippen LogP contribution in [0.5, 0.6) is 0 Å². The summed E-state index contributed by atoms with van der Waals surface area (Å²) >= 11 is 0. The zero-order chi connectivity index (χ0) is 22.8. The summed E-state index contributed by atoms with van der Waals surface area (Å²) in [6.45, 7) is 4.16. The Morgan fingerprint density at radius 1 is 1.16 bits per heavy atom. The number of esters is 1. The highest BCUT2D eigenvalue weighted by Crippen LogP contribution is 2.43. The van der Waals surface area contributed by atoms with Gasteiger partial charge in [0.15, 0.2) is 5.92 Å². The largest absolute Gasteiger partial charge is 0.465 e. The van der Waals surface area contributed by atoms with E-state index in [9.17, 15) is 19.7 Å². The van der Waals surface area contributed by atoms with E-state index >= 15 is 0 Å². The third-order valence-corrected chi connectivity index (χ3v) is 5.67. The minimum Gasteiger partial charge on any atom is -0.465 e. The van der Waals surface area contributed by atoms with Crippen molar-refractivity contribution in [2.24, 2.45) is 5.92 Å². The van der Waals surface area contributed by atoms with E-state index in [0.29, 0.717) is 23.5 Å². The molecular weight excluding hydrogens is 412 g/mol. The minimum absolute atomic E-state index is 0.0959. The molecule has 1 aliphatic heterocycles. The quantitative estimate of drug-likeness (QED) is 0.241. The Morgan fingerprint density at radius 3 is 2.59 bits per heavy atom. The fraction of sp³-hybridized carbons (Fsp3) is 0.348. The second-order valence-electron chi connectivity index (χ2n) is 7.60. The number of anilines is 1. The molecule has 0 saturated carbocycles. The average molecular weight is 436 g/mol. The number of ether oxygens (including phenoxy) is 1. The van der Waals surface area contributed by atoms with Gasteiger partial charge >= 0.3 is 5.97 Å². The molecular formula is C23H24N4O5. The Kier molecular flexibility index (Phi) is 5.89. The molecule has 0 spiro atoms. The van der Waals surface area contributed by atoms with Gasteiger partial charge in [0.1, 0.15) is 0 Å². The van der Waals surface area contributed by atoms with Gasteiger partial charge in [0.2, 0.25) is 11.9 Å². The van der Waals surface area contributed by atoms with Crippen molar-refractivity contribution in [3.63, 3.8) is 0 Å². The van der Waals surface area contributed by atoms with Gasteiger partial charge in [-0.1, -0.05) is 43.7 Å². The van der Waals surface area contributed by atoms with Crippen LogP contribution in [0.15, 0.2) is 48.5 Å². The van der Waals surface area contributed by atoms with Gasteiger partial charge in [-0.2, -0.15) is 0 Å². The number of hydrogen-bond acceptors (Lipinski definition) is 6. The predicted molar refractivity (Wildman–Crippen MR) is 118 cm³/mol. The number of carbonyl (C=O) groups excluding carboxylic acids is 2. The number of hydrogen-bond donors (Lipinski definition) is 0. The molecule has 0 unspecified atom stereocenters. The van der Waals surface area contributed by atoms with E-state index in [1.807, 2.05) is 31.2 Å². The number of nitro benzene ring substituents is 1. The van der Waals surface area contributed by atoms with E-state index in [2.05, 4.69) is 4.98 Å². The highest BCUT2D eigenvalue weighted by molar-refractivity contribution is 6.08. The second kappa shape index (κ2) is 8.78. The zero-order valence-electron chi connectivity index (χ0n) is 17.9. The molecule has 9 heteroatoms. The van der Waals surface area contributed by atoms with Gasteiger partial charge < -0.3 is 9.30 Å². The molecule has 2 atom stereocenters. The molecule has 1 aromatic heterocycles. The first kappa shape index (κ1) is 21.5. The molecule has 1 amide bonds. The Hall–Kier alpha value is -3.75. The maximum Gasteiger partial charge on any atom is 0.321 e. The predicted octanol–water partition coefficient (Wildman–Crippen LogP) is 3.86. The molecule has 2 heterocycles. The van der Waals surface area contributed by atoms with Crippen LogP contribution in [0.3, 0.4) is 0 Å². The second-order valence-corrected chi connectivity index (χ2v) is 7.60. The Morgan fingerprint density at radius 2 is 1.88 bits per heavy atom. The molecule has 3 aromatic rings. The average Bonchev–Trinajstić information content (AvgIpc) is 3.17. The van der Waals surface area contributed by atoms with Crippen molar-refractivity contribution in [2.45, 2.75) is 32.7 Å². The molecule has 1 aliphatic rings. The third-order valence-electron chi connectivity index (χ3n) is 5.67. The summed E-state index contributed by atoms with van der Waals surface area (Å²) < 4.78 is 7.04. The summed E-state index contributed by atoms with van der Waals surface area (Å²) in [6, 6.07) is 12.6. The molecule has 0 N–H and O–H groups in total. The van der Waals surface area contributed by atoms with E-state index in [1.54, 1.807) is 29.7 Å². The van der Waals surface area contributed by atoms with Gasteiger partial charge in [-0.05, 0) is 25.5 Å². The number of benzene rings is 2. The van der Waals surface area contributed by atoms with Crippen molar-refractivity contribution in [3.8, 4) is 0 Å².